The third-order valence-corrected chi connectivity index (χ3v) is 2.74. The van der Waals surface area contributed by atoms with Crippen LogP contribution in [-0.2, 0) is 16.1 Å². The van der Waals surface area contributed by atoms with E-state index >= 15 is 0 Å². The highest BCUT2D eigenvalue weighted by molar-refractivity contribution is 7.71. The summed E-state index contributed by atoms with van der Waals surface area (Å²) in [5.41, 5.74) is 6.23. The van der Waals surface area contributed by atoms with E-state index in [0.29, 0.717) is 35.0 Å². The monoisotopic (exact) mass is 283 g/mol. The fourth-order valence-corrected chi connectivity index (χ4v) is 1.92. The maximum Gasteiger partial charge on any atom is 0.243 e. The molecule has 1 amide bonds. The van der Waals surface area contributed by atoms with E-state index in [0.717, 1.165) is 0 Å². The smallest absolute Gasteiger partial charge is 0.243 e. The number of H-pyrrole nitrogens is 1. The largest absolute Gasteiger partial charge is 0.479 e. The standard InChI is InChI=1S/C10H13N5O3S/c1-17-9-7-8(12-5-13-9)15(10(19)14-7)2-3-18-4-6(11)16/h5H,2-4H2,1H3,(H2,11,16)(H,14,19). The van der Waals surface area contributed by atoms with Crippen LogP contribution in [0.15, 0.2) is 6.33 Å². The van der Waals surface area contributed by atoms with Gasteiger partial charge in [-0.25, -0.2) is 4.98 Å². The first kappa shape index (κ1) is 13.4. The molecule has 0 saturated carbocycles. The van der Waals surface area contributed by atoms with Crippen molar-refractivity contribution in [3.05, 3.63) is 11.1 Å². The zero-order valence-electron chi connectivity index (χ0n) is 10.3. The van der Waals surface area contributed by atoms with Crippen molar-refractivity contribution in [1.29, 1.82) is 0 Å². The van der Waals surface area contributed by atoms with Gasteiger partial charge in [-0.15, -0.1) is 0 Å². The number of aromatic nitrogens is 4. The number of aromatic amines is 1. The van der Waals surface area contributed by atoms with Crippen LogP contribution in [0.4, 0.5) is 0 Å². The molecule has 0 radical (unpaired) electrons. The van der Waals surface area contributed by atoms with Gasteiger partial charge in [-0.3, -0.25) is 9.36 Å². The summed E-state index contributed by atoms with van der Waals surface area (Å²) >= 11 is 5.20. The number of fused-ring (bicyclic) bond motifs is 1. The van der Waals surface area contributed by atoms with Crippen molar-refractivity contribution in [2.75, 3.05) is 20.3 Å². The van der Waals surface area contributed by atoms with E-state index in [1.54, 1.807) is 4.57 Å². The van der Waals surface area contributed by atoms with Gasteiger partial charge < -0.3 is 20.2 Å². The van der Waals surface area contributed by atoms with Crippen molar-refractivity contribution in [1.82, 2.24) is 19.5 Å². The van der Waals surface area contributed by atoms with Gasteiger partial charge in [-0.1, -0.05) is 0 Å². The van der Waals surface area contributed by atoms with E-state index in [1.807, 2.05) is 0 Å². The number of nitrogens with zero attached hydrogens (tertiary/aromatic N) is 3. The maximum atomic E-state index is 10.5. The summed E-state index contributed by atoms with van der Waals surface area (Å²) in [6.45, 7) is 0.636. The molecule has 3 N–H and O–H groups in total. The van der Waals surface area contributed by atoms with Crippen LogP contribution in [0, 0.1) is 4.77 Å². The molecular weight excluding hydrogens is 270 g/mol. The van der Waals surface area contributed by atoms with Gasteiger partial charge in [0.05, 0.1) is 20.3 Å². The first-order valence-corrected chi connectivity index (χ1v) is 5.88. The topological polar surface area (TPSA) is 108 Å². The van der Waals surface area contributed by atoms with E-state index in [1.165, 1.54) is 13.4 Å². The van der Waals surface area contributed by atoms with Crippen LogP contribution in [0.25, 0.3) is 11.2 Å². The maximum absolute atomic E-state index is 10.5. The van der Waals surface area contributed by atoms with Crippen LogP contribution in [0.3, 0.4) is 0 Å². The van der Waals surface area contributed by atoms with Crippen LogP contribution < -0.4 is 10.5 Å². The van der Waals surface area contributed by atoms with E-state index in [9.17, 15) is 4.79 Å². The van der Waals surface area contributed by atoms with Crippen LogP contribution in [0.1, 0.15) is 0 Å². The molecule has 2 aromatic heterocycles. The Kier molecular flexibility index (Phi) is 4.07. The molecular formula is C10H13N5O3S. The lowest BCUT2D eigenvalue weighted by molar-refractivity contribution is -0.122. The lowest BCUT2D eigenvalue weighted by atomic mass is 10.5. The first-order valence-electron chi connectivity index (χ1n) is 5.47. The minimum Gasteiger partial charge on any atom is -0.479 e. The normalized spacial score (nSPS) is 10.8. The zero-order chi connectivity index (χ0) is 13.8. The predicted octanol–water partition coefficient (Wildman–Crippen LogP) is -0.000610. The van der Waals surface area contributed by atoms with Gasteiger partial charge in [-0.05, 0) is 12.2 Å². The Labute approximate surface area is 113 Å². The molecule has 19 heavy (non-hydrogen) atoms. The molecule has 0 fully saturated rings. The number of carbonyl (C=O) groups is 1. The van der Waals surface area contributed by atoms with Gasteiger partial charge in [0, 0.05) is 0 Å². The summed E-state index contributed by atoms with van der Waals surface area (Å²) < 4.78 is 12.4. The second kappa shape index (κ2) is 5.76. The van der Waals surface area contributed by atoms with Gasteiger partial charge in [-0.2, -0.15) is 4.98 Å². The molecule has 0 saturated heterocycles. The summed E-state index contributed by atoms with van der Waals surface area (Å²) in [7, 11) is 1.52. The van der Waals surface area contributed by atoms with E-state index in [-0.39, 0.29) is 6.61 Å². The Hall–Kier alpha value is -2.00. The Bertz CT molecular complexity index is 650. The molecule has 9 heteroatoms. The molecule has 0 atom stereocenters. The SMILES string of the molecule is COc1ncnc2c1[nH]c(=S)n2CCOCC(N)=O. The quantitative estimate of drug-likeness (QED) is 0.570. The molecule has 0 unspecified atom stereocenters. The van der Waals surface area contributed by atoms with Gasteiger partial charge >= 0.3 is 0 Å². The third kappa shape index (κ3) is 2.88. The molecule has 0 spiro atoms. The number of carbonyl (C=O) groups excluding carboxylic acids is 1. The Morgan fingerprint density at radius 1 is 1.58 bits per heavy atom. The Morgan fingerprint density at radius 2 is 2.37 bits per heavy atom. The third-order valence-electron chi connectivity index (χ3n) is 2.42. The van der Waals surface area contributed by atoms with Crippen LogP contribution in [0.5, 0.6) is 5.88 Å². The number of nitrogens with two attached hydrogens (primary N) is 1. The number of hydrogen-bond acceptors (Lipinski definition) is 6. The molecule has 0 aliphatic rings. The summed E-state index contributed by atoms with van der Waals surface area (Å²) in [6.07, 6.45) is 1.39. The number of imidazole rings is 1. The number of methoxy groups -OCH3 is 1. The number of rotatable bonds is 6. The minimum absolute atomic E-state index is 0.117. The lowest BCUT2D eigenvalue weighted by Crippen LogP contribution is -2.19. The molecule has 2 rings (SSSR count). The van der Waals surface area contributed by atoms with Crippen LogP contribution >= 0.6 is 12.2 Å². The van der Waals surface area contributed by atoms with Crippen molar-refractivity contribution < 1.29 is 14.3 Å². The first-order chi connectivity index (χ1) is 9.13. The minimum atomic E-state index is -0.508. The van der Waals surface area contributed by atoms with Crippen LogP contribution in [0.2, 0.25) is 0 Å². The summed E-state index contributed by atoms with van der Waals surface area (Å²) in [4.78, 5) is 21.7. The highest BCUT2D eigenvalue weighted by Crippen LogP contribution is 2.19. The molecule has 0 bridgehead atoms. The Morgan fingerprint density at radius 3 is 3.05 bits per heavy atom. The molecule has 0 aliphatic carbocycles. The van der Waals surface area contributed by atoms with Crippen molar-refractivity contribution in [3.8, 4) is 5.88 Å². The summed E-state index contributed by atoms with van der Waals surface area (Å²) in [5.74, 6) is -0.0839. The van der Waals surface area contributed by atoms with E-state index in [4.69, 9.17) is 27.4 Å². The number of ether oxygens (including phenoxy) is 2. The number of hydrogen-bond donors (Lipinski definition) is 2. The average Bonchev–Trinajstić information content (AvgIpc) is 2.70. The summed E-state index contributed by atoms with van der Waals surface area (Å²) in [5, 5.41) is 0. The second-order valence-electron chi connectivity index (χ2n) is 3.68. The van der Waals surface area contributed by atoms with Gasteiger partial charge in [0.1, 0.15) is 18.5 Å². The van der Waals surface area contributed by atoms with Gasteiger partial charge in [0.25, 0.3) is 0 Å². The fraction of sp³-hybridized carbons (Fsp3) is 0.400. The van der Waals surface area contributed by atoms with Crippen molar-refractivity contribution in [2.45, 2.75) is 6.54 Å². The van der Waals surface area contributed by atoms with Crippen molar-refractivity contribution in [3.63, 3.8) is 0 Å². The molecule has 8 nitrogen and oxygen atoms in total. The highest BCUT2D eigenvalue weighted by Gasteiger charge is 2.11. The molecule has 0 aromatic carbocycles. The molecule has 2 aromatic rings. The molecule has 0 aliphatic heterocycles. The Balaban J connectivity index is 2.21. The van der Waals surface area contributed by atoms with Gasteiger partial charge in [0.2, 0.25) is 11.8 Å². The zero-order valence-corrected chi connectivity index (χ0v) is 11.1. The average molecular weight is 283 g/mol. The van der Waals surface area contributed by atoms with Gasteiger partial charge in [0.15, 0.2) is 10.4 Å². The number of primary amides is 1. The molecule has 2 heterocycles. The van der Waals surface area contributed by atoms with E-state index < -0.39 is 5.91 Å². The number of amides is 1. The number of nitrogens with one attached hydrogen (secondary N) is 1. The van der Waals surface area contributed by atoms with Crippen molar-refractivity contribution >= 4 is 29.3 Å². The lowest BCUT2D eigenvalue weighted by Gasteiger charge is -2.04. The molecule has 102 valence electrons. The summed E-state index contributed by atoms with van der Waals surface area (Å²) in [6, 6.07) is 0. The highest BCUT2D eigenvalue weighted by atomic mass is 32.1. The van der Waals surface area contributed by atoms with Crippen molar-refractivity contribution in [2.24, 2.45) is 5.73 Å². The fourth-order valence-electron chi connectivity index (χ4n) is 1.64. The predicted molar refractivity (Wildman–Crippen MR) is 69.3 cm³/mol. The van der Waals surface area contributed by atoms with Crippen LogP contribution in [-0.4, -0.2) is 45.7 Å². The second-order valence-corrected chi connectivity index (χ2v) is 4.07. The van der Waals surface area contributed by atoms with E-state index in [2.05, 4.69) is 15.0 Å².